The lowest BCUT2D eigenvalue weighted by atomic mass is 10.2. The Morgan fingerprint density at radius 1 is 1.58 bits per heavy atom. The Balaban J connectivity index is 2.29. The van der Waals surface area contributed by atoms with Crippen molar-refractivity contribution in [1.29, 1.82) is 0 Å². The van der Waals surface area contributed by atoms with Gasteiger partial charge in [-0.1, -0.05) is 0 Å². The van der Waals surface area contributed by atoms with Crippen LogP contribution >= 0.6 is 11.8 Å². The van der Waals surface area contributed by atoms with Crippen molar-refractivity contribution < 1.29 is 9.90 Å². The lowest BCUT2D eigenvalue weighted by molar-refractivity contribution is -0.138. The van der Waals surface area contributed by atoms with Gasteiger partial charge in [-0.25, -0.2) is 0 Å². The van der Waals surface area contributed by atoms with E-state index in [1.807, 2.05) is 18.7 Å². The molecule has 1 atom stereocenters. The van der Waals surface area contributed by atoms with Gasteiger partial charge in [0, 0.05) is 30.6 Å². The minimum absolute atomic E-state index is 0.198. The number of rotatable bonds is 3. The molecule has 4 heteroatoms. The summed E-state index contributed by atoms with van der Waals surface area (Å²) in [5, 5.41) is 8.58. The van der Waals surface area contributed by atoms with E-state index in [1.54, 1.807) is 0 Å². The van der Waals surface area contributed by atoms with Gasteiger partial charge in [-0.05, 0) is 6.92 Å². The third-order valence-electron chi connectivity index (χ3n) is 2.14. The second-order valence-corrected chi connectivity index (χ2v) is 4.32. The molecule has 1 saturated heterocycles. The van der Waals surface area contributed by atoms with Crippen molar-refractivity contribution in [3.63, 3.8) is 0 Å². The first kappa shape index (κ1) is 9.86. The molecule has 0 aromatic carbocycles. The van der Waals surface area contributed by atoms with Crippen LogP contribution in [0.15, 0.2) is 0 Å². The molecule has 1 heterocycles. The van der Waals surface area contributed by atoms with Gasteiger partial charge in [-0.15, -0.1) is 0 Å². The largest absolute Gasteiger partial charge is 0.481 e. The van der Waals surface area contributed by atoms with Crippen LogP contribution in [-0.2, 0) is 4.79 Å². The monoisotopic (exact) mass is 189 g/mol. The number of thioether (sulfide) groups is 1. The van der Waals surface area contributed by atoms with Crippen molar-refractivity contribution in [3.05, 3.63) is 0 Å². The third kappa shape index (κ3) is 3.03. The van der Waals surface area contributed by atoms with Gasteiger partial charge >= 0.3 is 5.97 Å². The van der Waals surface area contributed by atoms with E-state index in [0.717, 1.165) is 24.6 Å². The molecular weight excluding hydrogens is 174 g/mol. The van der Waals surface area contributed by atoms with Crippen LogP contribution in [-0.4, -0.2) is 46.6 Å². The van der Waals surface area contributed by atoms with E-state index < -0.39 is 5.97 Å². The van der Waals surface area contributed by atoms with Crippen LogP contribution in [0.25, 0.3) is 0 Å². The van der Waals surface area contributed by atoms with E-state index in [4.69, 9.17) is 5.11 Å². The van der Waals surface area contributed by atoms with Crippen LogP contribution < -0.4 is 0 Å². The molecule has 1 rings (SSSR count). The summed E-state index contributed by atoms with van der Waals surface area (Å²) in [6, 6.07) is 0.198. The molecule has 0 spiro atoms. The summed E-state index contributed by atoms with van der Waals surface area (Å²) >= 11 is 1.95. The smallest absolute Gasteiger partial charge is 0.304 e. The maximum atomic E-state index is 10.4. The number of hydrogen-bond donors (Lipinski definition) is 1. The molecule has 0 aromatic heterocycles. The summed E-state index contributed by atoms with van der Waals surface area (Å²) in [6.07, 6.45) is 0.269. The lowest BCUT2D eigenvalue weighted by Gasteiger charge is -2.31. The quantitative estimate of drug-likeness (QED) is 0.716. The fourth-order valence-corrected chi connectivity index (χ4v) is 2.33. The van der Waals surface area contributed by atoms with Gasteiger partial charge < -0.3 is 5.11 Å². The maximum absolute atomic E-state index is 10.4. The van der Waals surface area contributed by atoms with E-state index in [1.165, 1.54) is 0 Å². The Morgan fingerprint density at radius 2 is 2.17 bits per heavy atom. The first-order valence-corrected chi connectivity index (χ1v) is 5.39. The fourth-order valence-electron chi connectivity index (χ4n) is 1.40. The average Bonchev–Trinajstić information content (AvgIpc) is 2.05. The molecular formula is C8H15NO2S. The highest BCUT2D eigenvalue weighted by molar-refractivity contribution is 7.99. The second kappa shape index (κ2) is 4.72. The van der Waals surface area contributed by atoms with Crippen LogP contribution in [0.3, 0.4) is 0 Å². The molecule has 0 saturated carbocycles. The lowest BCUT2D eigenvalue weighted by Crippen LogP contribution is -2.40. The van der Waals surface area contributed by atoms with Crippen molar-refractivity contribution in [2.45, 2.75) is 19.4 Å². The Kier molecular flexibility index (Phi) is 3.88. The van der Waals surface area contributed by atoms with E-state index in [0.29, 0.717) is 0 Å². The van der Waals surface area contributed by atoms with Crippen molar-refractivity contribution >= 4 is 17.7 Å². The van der Waals surface area contributed by atoms with Gasteiger partial charge in [0.05, 0.1) is 6.42 Å². The summed E-state index contributed by atoms with van der Waals surface area (Å²) in [6.45, 7) is 4.07. The zero-order valence-corrected chi connectivity index (χ0v) is 8.14. The predicted octanol–water partition coefficient (Wildman–Crippen LogP) is 0.898. The standard InChI is InChI=1S/C8H15NO2S/c1-7(6-8(10)11)9-2-4-12-5-3-9/h7H,2-6H2,1H3,(H,10,11). The number of hydrogen-bond acceptors (Lipinski definition) is 3. The Bertz CT molecular complexity index is 157. The van der Waals surface area contributed by atoms with Gasteiger partial charge in [0.15, 0.2) is 0 Å². The summed E-state index contributed by atoms with van der Waals surface area (Å²) in [4.78, 5) is 12.7. The molecule has 1 fully saturated rings. The van der Waals surface area contributed by atoms with Crippen LogP contribution in [0.2, 0.25) is 0 Å². The molecule has 0 aliphatic carbocycles. The molecule has 1 aliphatic rings. The zero-order valence-electron chi connectivity index (χ0n) is 7.32. The Labute approximate surface area is 77.1 Å². The zero-order chi connectivity index (χ0) is 8.97. The first-order valence-electron chi connectivity index (χ1n) is 4.23. The van der Waals surface area contributed by atoms with Crippen molar-refractivity contribution in [1.82, 2.24) is 4.90 Å². The topological polar surface area (TPSA) is 40.5 Å². The molecule has 1 aliphatic heterocycles. The number of carboxylic acid groups (broad SMARTS) is 1. The third-order valence-corrected chi connectivity index (χ3v) is 3.08. The van der Waals surface area contributed by atoms with Gasteiger partial charge in [-0.3, -0.25) is 9.69 Å². The number of carbonyl (C=O) groups is 1. The van der Waals surface area contributed by atoms with Crippen LogP contribution in [0.1, 0.15) is 13.3 Å². The van der Waals surface area contributed by atoms with Crippen molar-refractivity contribution in [2.75, 3.05) is 24.6 Å². The Hall–Kier alpha value is -0.220. The fraction of sp³-hybridized carbons (Fsp3) is 0.875. The van der Waals surface area contributed by atoms with E-state index in [-0.39, 0.29) is 12.5 Å². The van der Waals surface area contributed by atoms with Gasteiger partial charge in [-0.2, -0.15) is 11.8 Å². The molecule has 0 radical (unpaired) electrons. The van der Waals surface area contributed by atoms with Crippen LogP contribution in [0, 0.1) is 0 Å². The van der Waals surface area contributed by atoms with E-state index in [9.17, 15) is 4.79 Å². The summed E-state index contributed by atoms with van der Waals surface area (Å²) in [7, 11) is 0. The van der Waals surface area contributed by atoms with Gasteiger partial charge in [0.25, 0.3) is 0 Å². The highest BCUT2D eigenvalue weighted by Crippen LogP contribution is 2.13. The van der Waals surface area contributed by atoms with Gasteiger partial charge in [0.2, 0.25) is 0 Å². The minimum Gasteiger partial charge on any atom is -0.481 e. The molecule has 1 N–H and O–H groups in total. The minimum atomic E-state index is -0.694. The SMILES string of the molecule is CC(CC(=O)O)N1CCSCC1. The molecule has 0 amide bonds. The number of aliphatic carboxylic acids is 1. The Morgan fingerprint density at radius 3 is 2.67 bits per heavy atom. The molecule has 0 aromatic rings. The maximum Gasteiger partial charge on any atom is 0.304 e. The van der Waals surface area contributed by atoms with Crippen molar-refractivity contribution in [2.24, 2.45) is 0 Å². The number of carboxylic acids is 1. The normalized spacial score (nSPS) is 22.1. The average molecular weight is 189 g/mol. The summed E-state index contributed by atoms with van der Waals surface area (Å²) in [5.41, 5.74) is 0. The van der Waals surface area contributed by atoms with E-state index in [2.05, 4.69) is 4.90 Å². The van der Waals surface area contributed by atoms with Crippen molar-refractivity contribution in [3.8, 4) is 0 Å². The summed E-state index contributed by atoms with van der Waals surface area (Å²) in [5.74, 6) is 1.59. The molecule has 12 heavy (non-hydrogen) atoms. The highest BCUT2D eigenvalue weighted by Gasteiger charge is 2.18. The van der Waals surface area contributed by atoms with Gasteiger partial charge in [0.1, 0.15) is 0 Å². The predicted molar refractivity (Wildman–Crippen MR) is 50.6 cm³/mol. The molecule has 3 nitrogen and oxygen atoms in total. The number of nitrogens with zero attached hydrogens (tertiary/aromatic N) is 1. The molecule has 0 bridgehead atoms. The molecule has 70 valence electrons. The van der Waals surface area contributed by atoms with Crippen LogP contribution in [0.4, 0.5) is 0 Å². The molecule has 1 unspecified atom stereocenters. The first-order chi connectivity index (χ1) is 5.70. The summed E-state index contributed by atoms with van der Waals surface area (Å²) < 4.78 is 0. The van der Waals surface area contributed by atoms with Crippen LogP contribution in [0.5, 0.6) is 0 Å². The van der Waals surface area contributed by atoms with E-state index >= 15 is 0 Å². The highest BCUT2D eigenvalue weighted by atomic mass is 32.2. The second-order valence-electron chi connectivity index (χ2n) is 3.10.